The maximum absolute atomic E-state index is 2.49. The summed E-state index contributed by atoms with van der Waals surface area (Å²) in [6.07, 6.45) is 21.0. The number of hydrogen-bond acceptors (Lipinski definition) is 0. The first-order chi connectivity index (χ1) is 14.3. The Kier molecular flexibility index (Phi) is 9.58. The average molecular weight is 393 g/mol. The Morgan fingerprint density at radius 3 is 2.07 bits per heavy atom. The quantitative estimate of drug-likeness (QED) is 0.315. The van der Waals surface area contributed by atoms with Crippen LogP contribution in [-0.4, -0.2) is 0 Å². The lowest BCUT2D eigenvalue weighted by Crippen LogP contribution is -2.13. The van der Waals surface area contributed by atoms with E-state index in [1.807, 2.05) is 0 Å². The number of unbranched alkanes of at least 4 members (excludes halogenated alkanes) is 7. The zero-order valence-electron chi connectivity index (χ0n) is 19.2. The van der Waals surface area contributed by atoms with Gasteiger partial charge in [0.15, 0.2) is 0 Å². The minimum atomic E-state index is 0.796. The lowest BCUT2D eigenvalue weighted by molar-refractivity contribution is 0.302. The van der Waals surface area contributed by atoms with Crippen molar-refractivity contribution >= 4 is 10.8 Å². The highest BCUT2D eigenvalue weighted by Gasteiger charge is 2.22. The third-order valence-electron chi connectivity index (χ3n) is 7.28. The molecule has 3 rings (SSSR count). The first kappa shape index (κ1) is 22.4. The van der Waals surface area contributed by atoms with Crippen LogP contribution in [0.5, 0.6) is 0 Å². The summed E-state index contributed by atoms with van der Waals surface area (Å²) in [4.78, 5) is 0. The van der Waals surface area contributed by atoms with E-state index in [9.17, 15) is 0 Å². The Balaban J connectivity index is 1.48. The van der Waals surface area contributed by atoms with E-state index in [4.69, 9.17) is 0 Å². The number of fused-ring (bicyclic) bond motifs is 1. The molecule has 0 bridgehead atoms. The Labute approximate surface area is 180 Å². The summed E-state index contributed by atoms with van der Waals surface area (Å²) < 4.78 is 0. The molecular weight excluding hydrogens is 348 g/mol. The lowest BCUT2D eigenvalue weighted by Gasteiger charge is -2.29. The summed E-state index contributed by atoms with van der Waals surface area (Å²) in [6.45, 7) is 4.59. The van der Waals surface area contributed by atoms with Crippen molar-refractivity contribution in [3.8, 4) is 0 Å². The van der Waals surface area contributed by atoms with Crippen LogP contribution in [0.15, 0.2) is 36.4 Å². The van der Waals surface area contributed by atoms with Gasteiger partial charge in [0.05, 0.1) is 0 Å². The van der Waals surface area contributed by atoms with E-state index in [1.54, 1.807) is 5.56 Å². The van der Waals surface area contributed by atoms with E-state index in [2.05, 4.69) is 50.2 Å². The summed E-state index contributed by atoms with van der Waals surface area (Å²) in [7, 11) is 0. The van der Waals surface area contributed by atoms with Gasteiger partial charge in [-0.1, -0.05) is 108 Å². The Morgan fingerprint density at radius 1 is 0.655 bits per heavy atom. The Bertz CT molecular complexity index is 705. The summed E-state index contributed by atoms with van der Waals surface area (Å²) in [6, 6.07) is 14.5. The van der Waals surface area contributed by atoms with E-state index in [-0.39, 0.29) is 0 Å². The standard InChI is InChI=1S/C29H44/c1-3-5-7-9-11-12-24-14-17-26(18-15-24)28-21-20-27-22-25(13-10-8-6-4-2)16-19-29(27)23-28/h16,19-24,26H,3-15,17-18H2,1-2H3/t24-,26-. The Morgan fingerprint density at radius 2 is 1.31 bits per heavy atom. The molecule has 0 saturated heterocycles. The van der Waals surface area contributed by atoms with Gasteiger partial charge in [-0.05, 0) is 72.3 Å². The van der Waals surface area contributed by atoms with Gasteiger partial charge in [0, 0.05) is 0 Å². The van der Waals surface area contributed by atoms with Gasteiger partial charge in [0.2, 0.25) is 0 Å². The normalized spacial score (nSPS) is 19.7. The van der Waals surface area contributed by atoms with Gasteiger partial charge < -0.3 is 0 Å². The molecule has 0 aliphatic heterocycles. The molecule has 1 aliphatic rings. The van der Waals surface area contributed by atoms with Crippen LogP contribution < -0.4 is 0 Å². The predicted molar refractivity (Wildman–Crippen MR) is 130 cm³/mol. The molecule has 29 heavy (non-hydrogen) atoms. The van der Waals surface area contributed by atoms with Gasteiger partial charge in [0.1, 0.15) is 0 Å². The predicted octanol–water partition coefficient (Wildman–Crippen LogP) is 9.60. The fourth-order valence-corrected chi connectivity index (χ4v) is 5.30. The van der Waals surface area contributed by atoms with Crippen molar-refractivity contribution < 1.29 is 0 Å². The molecule has 1 saturated carbocycles. The van der Waals surface area contributed by atoms with E-state index in [0.717, 1.165) is 11.8 Å². The summed E-state index contributed by atoms with van der Waals surface area (Å²) >= 11 is 0. The molecule has 2 aromatic carbocycles. The van der Waals surface area contributed by atoms with Crippen molar-refractivity contribution in [2.24, 2.45) is 5.92 Å². The monoisotopic (exact) mass is 392 g/mol. The van der Waals surface area contributed by atoms with Crippen LogP contribution in [-0.2, 0) is 6.42 Å². The van der Waals surface area contributed by atoms with Crippen molar-refractivity contribution in [3.05, 3.63) is 47.5 Å². The van der Waals surface area contributed by atoms with Crippen LogP contribution in [0, 0.1) is 5.92 Å². The molecular formula is C29H44. The highest BCUT2D eigenvalue weighted by atomic mass is 14.3. The number of rotatable bonds is 12. The molecule has 0 amide bonds. The lowest BCUT2D eigenvalue weighted by atomic mass is 9.76. The second-order valence-corrected chi connectivity index (χ2v) is 9.67. The number of benzene rings is 2. The van der Waals surface area contributed by atoms with Crippen molar-refractivity contribution in [1.29, 1.82) is 0 Å². The zero-order valence-corrected chi connectivity index (χ0v) is 19.2. The highest BCUT2D eigenvalue weighted by Crippen LogP contribution is 2.38. The Hall–Kier alpha value is -1.30. The first-order valence-electron chi connectivity index (χ1n) is 12.8. The fraction of sp³-hybridized carbons (Fsp3) is 0.655. The van der Waals surface area contributed by atoms with E-state index in [1.165, 1.54) is 113 Å². The second kappa shape index (κ2) is 12.4. The van der Waals surface area contributed by atoms with Crippen molar-refractivity contribution in [1.82, 2.24) is 0 Å². The van der Waals surface area contributed by atoms with Crippen LogP contribution in [0.25, 0.3) is 10.8 Å². The third kappa shape index (κ3) is 7.16. The van der Waals surface area contributed by atoms with Gasteiger partial charge in [-0.15, -0.1) is 0 Å². The third-order valence-corrected chi connectivity index (χ3v) is 7.28. The van der Waals surface area contributed by atoms with Crippen molar-refractivity contribution in [2.75, 3.05) is 0 Å². The van der Waals surface area contributed by atoms with Crippen LogP contribution in [0.4, 0.5) is 0 Å². The molecule has 0 aromatic heterocycles. The molecule has 0 radical (unpaired) electrons. The van der Waals surface area contributed by atoms with E-state index < -0.39 is 0 Å². The van der Waals surface area contributed by atoms with Crippen LogP contribution >= 0.6 is 0 Å². The zero-order chi connectivity index (χ0) is 20.3. The SMILES string of the molecule is CCCCCCC[C@H]1CC[C@H](c2ccc3cc(CCCCCC)ccc3c2)CC1. The topological polar surface area (TPSA) is 0 Å². The average Bonchev–Trinajstić information content (AvgIpc) is 2.76. The van der Waals surface area contributed by atoms with E-state index >= 15 is 0 Å². The first-order valence-corrected chi connectivity index (χ1v) is 12.8. The van der Waals surface area contributed by atoms with Crippen LogP contribution in [0.3, 0.4) is 0 Å². The van der Waals surface area contributed by atoms with Crippen molar-refractivity contribution in [2.45, 2.75) is 116 Å². The molecule has 160 valence electrons. The largest absolute Gasteiger partial charge is 0.0654 e. The minimum absolute atomic E-state index is 0.796. The number of hydrogen-bond donors (Lipinski definition) is 0. The molecule has 0 heterocycles. The van der Waals surface area contributed by atoms with Crippen LogP contribution in [0.1, 0.15) is 121 Å². The molecule has 1 fully saturated rings. The number of aryl methyl sites for hydroxylation is 1. The van der Waals surface area contributed by atoms with Gasteiger partial charge in [-0.2, -0.15) is 0 Å². The molecule has 0 heteroatoms. The highest BCUT2D eigenvalue weighted by molar-refractivity contribution is 5.84. The van der Waals surface area contributed by atoms with Crippen LogP contribution in [0.2, 0.25) is 0 Å². The molecule has 1 aliphatic carbocycles. The smallest absolute Gasteiger partial charge is 0.0162 e. The van der Waals surface area contributed by atoms with Gasteiger partial charge in [0.25, 0.3) is 0 Å². The van der Waals surface area contributed by atoms with Gasteiger partial charge >= 0.3 is 0 Å². The van der Waals surface area contributed by atoms with E-state index in [0.29, 0.717) is 0 Å². The molecule has 0 unspecified atom stereocenters. The second-order valence-electron chi connectivity index (χ2n) is 9.67. The van der Waals surface area contributed by atoms with Gasteiger partial charge in [-0.25, -0.2) is 0 Å². The summed E-state index contributed by atoms with van der Waals surface area (Å²) in [5.41, 5.74) is 3.11. The minimum Gasteiger partial charge on any atom is -0.0654 e. The van der Waals surface area contributed by atoms with Gasteiger partial charge in [-0.3, -0.25) is 0 Å². The summed E-state index contributed by atoms with van der Waals surface area (Å²) in [5, 5.41) is 2.88. The molecule has 2 aromatic rings. The maximum Gasteiger partial charge on any atom is -0.0162 e. The molecule has 0 spiro atoms. The molecule has 0 nitrogen and oxygen atoms in total. The molecule has 0 atom stereocenters. The fourth-order valence-electron chi connectivity index (χ4n) is 5.30. The summed E-state index contributed by atoms with van der Waals surface area (Å²) in [5.74, 6) is 1.80. The molecule has 0 N–H and O–H groups in total. The van der Waals surface area contributed by atoms with Crippen molar-refractivity contribution in [3.63, 3.8) is 0 Å². The maximum atomic E-state index is 2.49.